The Morgan fingerprint density at radius 3 is 2.59 bits per heavy atom. The summed E-state index contributed by atoms with van der Waals surface area (Å²) in [6, 6.07) is 16.8. The largest absolute Gasteiger partial charge is 1.00 e. The normalized spacial score (nSPS) is 16.7. The highest BCUT2D eigenvalue weighted by Gasteiger charge is 2.26. The van der Waals surface area contributed by atoms with E-state index in [2.05, 4.69) is 41.2 Å². The van der Waals surface area contributed by atoms with Gasteiger partial charge in [-0.25, -0.2) is 0 Å². The van der Waals surface area contributed by atoms with Gasteiger partial charge in [-0.3, -0.25) is 4.79 Å². The number of carbonyl (C=O) groups is 1. The fraction of sp³-hybridized carbons (Fsp3) is 0.444. The Bertz CT molecular complexity index is 923. The molecule has 0 saturated carbocycles. The number of hydrogen-bond donors (Lipinski definition) is 0. The maximum Gasteiger partial charge on any atom is 1.00 e. The molecule has 0 aliphatic carbocycles. The highest BCUT2D eigenvalue weighted by Crippen LogP contribution is 2.34. The first kappa shape index (κ1) is 24.2. The zero-order valence-corrected chi connectivity index (χ0v) is 19.4. The molecule has 0 radical (unpaired) electrons. The Kier molecular flexibility index (Phi) is 9.02. The van der Waals surface area contributed by atoms with Crippen molar-refractivity contribution >= 4 is 11.6 Å². The number of piperidine rings is 1. The van der Waals surface area contributed by atoms with Crippen LogP contribution in [-0.2, 0) is 17.6 Å². The zero-order valence-electron chi connectivity index (χ0n) is 19.6. The fourth-order valence-electron chi connectivity index (χ4n) is 4.79. The molecule has 0 bridgehead atoms. The van der Waals surface area contributed by atoms with Crippen LogP contribution in [0.1, 0.15) is 38.2 Å². The van der Waals surface area contributed by atoms with Crippen molar-refractivity contribution in [1.29, 1.82) is 0 Å². The average Bonchev–Trinajstić information content (AvgIpc) is 2.80. The van der Waals surface area contributed by atoms with Gasteiger partial charge >= 0.3 is 1.43 Å². The van der Waals surface area contributed by atoms with E-state index < -0.39 is 0 Å². The first-order chi connectivity index (χ1) is 15.2. The van der Waals surface area contributed by atoms with E-state index in [-0.39, 0.29) is 19.7 Å². The van der Waals surface area contributed by atoms with Gasteiger partial charge in [0.1, 0.15) is 5.75 Å². The molecule has 1 amide bonds. The molecule has 0 atom stereocenters. The number of rotatable bonds is 8. The fourth-order valence-corrected chi connectivity index (χ4v) is 4.79. The van der Waals surface area contributed by atoms with Gasteiger partial charge in [0.25, 0.3) is 0 Å². The van der Waals surface area contributed by atoms with Crippen LogP contribution in [-0.4, -0.2) is 43.6 Å². The summed E-state index contributed by atoms with van der Waals surface area (Å²) in [5.74, 6) is 4.39. The van der Waals surface area contributed by atoms with Gasteiger partial charge in [0.15, 0.2) is 0 Å². The lowest BCUT2D eigenvalue weighted by Crippen LogP contribution is -3.00. The van der Waals surface area contributed by atoms with E-state index in [1.54, 1.807) is 4.90 Å². The number of fused-ring (bicyclic) bond motifs is 1. The molecule has 170 valence electrons. The second kappa shape index (κ2) is 11.9. The maximum atomic E-state index is 12.2. The molecule has 32 heavy (non-hydrogen) atoms. The predicted octanol–water partition coefficient (Wildman–Crippen LogP) is 1.44. The number of carbonyl (C=O) groups excluding carboxylic acids is 1. The molecule has 2 heterocycles. The molecule has 2 aromatic carbocycles. The van der Waals surface area contributed by atoms with Gasteiger partial charge in [-0.15, -0.1) is 6.42 Å². The van der Waals surface area contributed by atoms with Crippen LogP contribution >= 0.6 is 0 Å². The SMILES string of the molecule is C#CCN1C(=O)CCc2c(OCCCN3CCC(Cc4ccccc4)CC3)cccc21.[Cl-].[H+]. The molecule has 2 aromatic rings. The number of anilines is 1. The summed E-state index contributed by atoms with van der Waals surface area (Å²) in [6.45, 7) is 4.45. The summed E-state index contributed by atoms with van der Waals surface area (Å²) in [7, 11) is 0. The highest BCUT2D eigenvalue weighted by molar-refractivity contribution is 5.97. The van der Waals surface area contributed by atoms with Crippen LogP contribution in [0.25, 0.3) is 0 Å². The molecule has 0 N–H and O–H groups in total. The summed E-state index contributed by atoms with van der Waals surface area (Å²) >= 11 is 0. The van der Waals surface area contributed by atoms with E-state index in [1.165, 1.54) is 37.9 Å². The molecule has 1 fully saturated rings. The van der Waals surface area contributed by atoms with Gasteiger partial charge in [-0.1, -0.05) is 42.3 Å². The van der Waals surface area contributed by atoms with Crippen LogP contribution in [0, 0.1) is 18.3 Å². The number of nitrogens with zero attached hydrogens (tertiary/aromatic N) is 2. The Balaban J connectivity index is 0.00000193. The van der Waals surface area contributed by atoms with E-state index in [0.717, 1.165) is 42.3 Å². The van der Waals surface area contributed by atoms with Crippen LogP contribution in [0.3, 0.4) is 0 Å². The minimum absolute atomic E-state index is 0. The van der Waals surface area contributed by atoms with E-state index in [0.29, 0.717) is 19.6 Å². The van der Waals surface area contributed by atoms with Crippen molar-refractivity contribution in [3.8, 4) is 18.1 Å². The molecule has 4 nitrogen and oxygen atoms in total. The van der Waals surface area contributed by atoms with Gasteiger partial charge < -0.3 is 26.9 Å². The molecule has 4 rings (SSSR count). The molecule has 0 spiro atoms. The van der Waals surface area contributed by atoms with Crippen LogP contribution in [0.4, 0.5) is 5.69 Å². The molecule has 1 saturated heterocycles. The van der Waals surface area contributed by atoms with Crippen LogP contribution in [0.2, 0.25) is 0 Å². The van der Waals surface area contributed by atoms with Gasteiger partial charge in [0.2, 0.25) is 5.91 Å². The van der Waals surface area contributed by atoms with Gasteiger partial charge in [-0.05, 0) is 68.8 Å². The van der Waals surface area contributed by atoms with E-state index in [4.69, 9.17) is 11.2 Å². The zero-order chi connectivity index (χ0) is 21.5. The third-order valence-corrected chi connectivity index (χ3v) is 6.49. The minimum Gasteiger partial charge on any atom is -1.00 e. The second-order valence-electron chi connectivity index (χ2n) is 8.61. The van der Waals surface area contributed by atoms with Crippen molar-refractivity contribution in [1.82, 2.24) is 4.90 Å². The third kappa shape index (κ3) is 6.06. The summed E-state index contributed by atoms with van der Waals surface area (Å²) in [5, 5.41) is 0. The summed E-state index contributed by atoms with van der Waals surface area (Å²) in [6.07, 6.45) is 11.4. The van der Waals surface area contributed by atoms with E-state index >= 15 is 0 Å². The number of hydrogen-bond acceptors (Lipinski definition) is 3. The van der Waals surface area contributed by atoms with Gasteiger partial charge in [0, 0.05) is 18.5 Å². The number of halogens is 1. The quantitative estimate of drug-likeness (QED) is 0.449. The standard InChI is InChI=1S/C27H32N2O2.ClH/c1-2-16-29-25-10-6-11-26(24(25)12-13-27(29)30)31-20-7-17-28-18-14-23(15-19-28)21-22-8-4-3-5-9-22;/h1,3-6,8-11,23H,7,12-21H2;1H. The van der Waals surface area contributed by atoms with Crippen molar-refractivity contribution in [2.45, 2.75) is 38.5 Å². The topological polar surface area (TPSA) is 32.8 Å². The van der Waals surface area contributed by atoms with Gasteiger partial charge in [0.05, 0.1) is 18.8 Å². The molecular weight excluding hydrogens is 420 g/mol. The Morgan fingerprint density at radius 1 is 1.06 bits per heavy atom. The molecule has 5 heteroatoms. The van der Waals surface area contributed by atoms with E-state index in [9.17, 15) is 4.79 Å². The number of amides is 1. The van der Waals surface area contributed by atoms with Crippen molar-refractivity contribution in [3.05, 3.63) is 59.7 Å². The first-order valence-corrected chi connectivity index (χ1v) is 11.5. The number of likely N-dealkylation sites (tertiary alicyclic amines) is 1. The Labute approximate surface area is 199 Å². The number of terminal acetylenes is 1. The minimum atomic E-state index is 0. The maximum absolute atomic E-state index is 12.2. The lowest BCUT2D eigenvalue weighted by Gasteiger charge is -2.32. The highest BCUT2D eigenvalue weighted by atomic mass is 35.5. The molecule has 2 aliphatic heterocycles. The molecule has 2 aliphatic rings. The van der Waals surface area contributed by atoms with E-state index in [1.807, 2.05) is 18.2 Å². The predicted molar refractivity (Wildman–Crippen MR) is 126 cm³/mol. The average molecular weight is 453 g/mol. The lowest BCUT2D eigenvalue weighted by molar-refractivity contribution is -0.118. The van der Waals surface area contributed by atoms with Crippen molar-refractivity contribution < 1.29 is 23.4 Å². The van der Waals surface area contributed by atoms with Crippen LogP contribution in [0.15, 0.2) is 48.5 Å². The van der Waals surface area contributed by atoms with Gasteiger partial charge in [-0.2, -0.15) is 0 Å². The van der Waals surface area contributed by atoms with Crippen molar-refractivity contribution in [3.63, 3.8) is 0 Å². The summed E-state index contributed by atoms with van der Waals surface area (Å²) in [5.41, 5.74) is 3.48. The van der Waals surface area contributed by atoms with Crippen LogP contribution < -0.4 is 22.0 Å². The second-order valence-corrected chi connectivity index (χ2v) is 8.61. The third-order valence-electron chi connectivity index (χ3n) is 6.49. The Morgan fingerprint density at radius 2 is 1.84 bits per heavy atom. The van der Waals surface area contributed by atoms with Crippen molar-refractivity contribution in [2.24, 2.45) is 5.92 Å². The lowest BCUT2D eigenvalue weighted by atomic mass is 9.90. The summed E-state index contributed by atoms with van der Waals surface area (Å²) in [4.78, 5) is 16.5. The number of ether oxygens (including phenoxy) is 1. The number of benzene rings is 2. The molecular formula is C27H33ClN2O2. The molecule has 0 unspecified atom stereocenters. The smallest absolute Gasteiger partial charge is 1.00 e. The Hall–Kier alpha value is -2.48. The van der Waals surface area contributed by atoms with Crippen molar-refractivity contribution in [2.75, 3.05) is 37.7 Å². The summed E-state index contributed by atoms with van der Waals surface area (Å²) < 4.78 is 6.14. The van der Waals surface area contributed by atoms with Crippen LogP contribution in [0.5, 0.6) is 5.75 Å². The monoisotopic (exact) mass is 452 g/mol. The first-order valence-electron chi connectivity index (χ1n) is 11.5. The molecule has 0 aromatic heterocycles.